The zero-order chi connectivity index (χ0) is 11.5. The van der Waals surface area contributed by atoms with Gasteiger partial charge in [0.1, 0.15) is 0 Å². The van der Waals surface area contributed by atoms with Crippen molar-refractivity contribution in [3.05, 3.63) is 5.82 Å². The van der Waals surface area contributed by atoms with Crippen LogP contribution in [-0.2, 0) is 10.5 Å². The fourth-order valence-electron chi connectivity index (χ4n) is 1.43. The van der Waals surface area contributed by atoms with Crippen LogP contribution in [0.25, 0.3) is 0 Å². The zero-order valence-corrected chi connectivity index (χ0v) is 9.85. The third-order valence-corrected chi connectivity index (χ3v) is 3.57. The number of thioether (sulfide) groups is 1. The van der Waals surface area contributed by atoms with Gasteiger partial charge in [-0.25, -0.2) is 4.68 Å². The van der Waals surface area contributed by atoms with Crippen LogP contribution in [0.5, 0.6) is 0 Å². The average Bonchev–Trinajstić information content (AvgIpc) is 2.94. The summed E-state index contributed by atoms with van der Waals surface area (Å²) in [7, 11) is 0. The predicted molar refractivity (Wildman–Crippen MR) is 59.1 cm³/mol. The Labute approximate surface area is 97.4 Å². The minimum Gasteiger partial charge on any atom is -0.481 e. The Morgan fingerprint density at radius 2 is 2.44 bits per heavy atom. The molecule has 1 N–H and O–H groups in total. The van der Waals surface area contributed by atoms with E-state index in [1.165, 1.54) is 0 Å². The fourth-order valence-corrected chi connectivity index (χ4v) is 2.32. The van der Waals surface area contributed by atoms with Crippen LogP contribution in [0, 0.1) is 0 Å². The Balaban J connectivity index is 1.84. The van der Waals surface area contributed by atoms with Gasteiger partial charge in [-0.05, 0) is 23.3 Å². The van der Waals surface area contributed by atoms with Crippen LogP contribution >= 0.6 is 11.8 Å². The van der Waals surface area contributed by atoms with E-state index in [1.807, 2.05) is 11.6 Å². The lowest BCUT2D eigenvalue weighted by Gasteiger charge is -2.07. The number of rotatable bonds is 6. The molecule has 0 bridgehead atoms. The van der Waals surface area contributed by atoms with Crippen molar-refractivity contribution in [3.8, 4) is 0 Å². The second kappa shape index (κ2) is 4.82. The first-order chi connectivity index (χ1) is 7.66. The van der Waals surface area contributed by atoms with Crippen LogP contribution in [0.1, 0.15) is 38.1 Å². The van der Waals surface area contributed by atoms with Crippen molar-refractivity contribution in [1.82, 2.24) is 20.2 Å². The van der Waals surface area contributed by atoms with E-state index in [0.717, 1.165) is 18.7 Å². The minimum atomic E-state index is -0.762. The first-order valence-corrected chi connectivity index (χ1v) is 6.32. The highest BCUT2D eigenvalue weighted by Crippen LogP contribution is 2.35. The second-order valence-corrected chi connectivity index (χ2v) is 5.42. The summed E-state index contributed by atoms with van der Waals surface area (Å²) >= 11 is 1.58. The molecule has 6 nitrogen and oxygen atoms in total. The van der Waals surface area contributed by atoms with Crippen LogP contribution in [-0.4, -0.2) is 36.5 Å². The molecule has 1 saturated carbocycles. The molecule has 1 atom stereocenters. The molecular formula is C9H14N4O2S. The summed E-state index contributed by atoms with van der Waals surface area (Å²) in [5.41, 5.74) is 0. The molecule has 0 spiro atoms. The zero-order valence-electron chi connectivity index (χ0n) is 9.04. The van der Waals surface area contributed by atoms with Gasteiger partial charge in [-0.1, -0.05) is 6.92 Å². The minimum absolute atomic E-state index is 0.0850. The van der Waals surface area contributed by atoms with Gasteiger partial charge >= 0.3 is 5.97 Å². The molecule has 7 heteroatoms. The lowest BCUT2D eigenvalue weighted by atomic mass is 10.3. The van der Waals surface area contributed by atoms with Crippen LogP contribution in [0.3, 0.4) is 0 Å². The smallest absolute Gasteiger partial charge is 0.304 e. The molecule has 16 heavy (non-hydrogen) atoms. The normalized spacial score (nSPS) is 17.3. The molecule has 0 aromatic carbocycles. The molecule has 0 radical (unpaired) electrons. The molecule has 1 aliphatic carbocycles. The summed E-state index contributed by atoms with van der Waals surface area (Å²) < 4.78 is 1.86. The molecule has 0 saturated heterocycles. The number of carboxylic acids is 1. The number of hydrogen-bond donors (Lipinski definition) is 1. The number of carbonyl (C=O) groups is 1. The SMILES string of the molecule is CC(CC(=O)O)SCc1nnnn1C1CC1. The lowest BCUT2D eigenvalue weighted by Crippen LogP contribution is -2.08. The van der Waals surface area contributed by atoms with Crippen molar-refractivity contribution >= 4 is 17.7 Å². The van der Waals surface area contributed by atoms with Crippen LogP contribution in [0.2, 0.25) is 0 Å². The standard InChI is InChI=1S/C9H14N4O2S/c1-6(4-9(14)15)16-5-8-10-11-12-13(8)7-2-3-7/h6-7H,2-5H2,1H3,(H,14,15). The van der Waals surface area contributed by atoms with Crippen molar-refractivity contribution in [2.24, 2.45) is 0 Å². The number of aliphatic carboxylic acids is 1. The highest BCUT2D eigenvalue weighted by Gasteiger charge is 2.27. The van der Waals surface area contributed by atoms with Gasteiger partial charge in [-0.3, -0.25) is 4.79 Å². The Morgan fingerprint density at radius 1 is 1.69 bits per heavy atom. The number of tetrazole rings is 1. The highest BCUT2D eigenvalue weighted by molar-refractivity contribution is 7.99. The molecule has 0 amide bonds. The van der Waals surface area contributed by atoms with Gasteiger partial charge in [0.25, 0.3) is 0 Å². The molecule has 1 aromatic heterocycles. The maximum absolute atomic E-state index is 10.5. The molecule has 1 heterocycles. The largest absolute Gasteiger partial charge is 0.481 e. The van der Waals surface area contributed by atoms with Gasteiger partial charge < -0.3 is 5.11 Å². The third kappa shape index (κ3) is 2.94. The molecule has 1 aromatic rings. The maximum atomic E-state index is 10.5. The molecule has 2 rings (SSSR count). The van der Waals surface area contributed by atoms with E-state index in [2.05, 4.69) is 15.5 Å². The van der Waals surface area contributed by atoms with E-state index in [4.69, 9.17) is 5.11 Å². The Kier molecular flexibility index (Phi) is 3.42. The first kappa shape index (κ1) is 11.4. The van der Waals surface area contributed by atoms with Crippen molar-refractivity contribution < 1.29 is 9.90 Å². The van der Waals surface area contributed by atoms with E-state index in [-0.39, 0.29) is 11.7 Å². The van der Waals surface area contributed by atoms with E-state index in [1.54, 1.807) is 11.8 Å². The van der Waals surface area contributed by atoms with Gasteiger partial charge in [0, 0.05) is 5.25 Å². The average molecular weight is 242 g/mol. The maximum Gasteiger partial charge on any atom is 0.304 e. The summed E-state index contributed by atoms with van der Waals surface area (Å²) in [5, 5.41) is 20.3. The monoisotopic (exact) mass is 242 g/mol. The predicted octanol–water partition coefficient (Wildman–Crippen LogP) is 1.10. The van der Waals surface area contributed by atoms with E-state index in [9.17, 15) is 4.79 Å². The molecule has 1 aliphatic rings. The van der Waals surface area contributed by atoms with Gasteiger partial charge in [0.15, 0.2) is 5.82 Å². The summed E-state index contributed by atoms with van der Waals surface area (Å²) in [4.78, 5) is 10.5. The number of nitrogens with zero attached hydrogens (tertiary/aromatic N) is 4. The van der Waals surface area contributed by atoms with Gasteiger partial charge in [0.2, 0.25) is 0 Å². The molecule has 1 unspecified atom stereocenters. The summed E-state index contributed by atoms with van der Waals surface area (Å²) in [6.45, 7) is 1.91. The third-order valence-electron chi connectivity index (χ3n) is 2.41. The summed E-state index contributed by atoms with van der Waals surface area (Å²) in [6, 6.07) is 0.473. The van der Waals surface area contributed by atoms with Crippen LogP contribution in [0.4, 0.5) is 0 Å². The van der Waals surface area contributed by atoms with Crippen LogP contribution < -0.4 is 0 Å². The van der Waals surface area contributed by atoms with Gasteiger partial charge in [0.05, 0.1) is 18.2 Å². The quantitative estimate of drug-likeness (QED) is 0.804. The molecular weight excluding hydrogens is 228 g/mol. The van der Waals surface area contributed by atoms with E-state index >= 15 is 0 Å². The Bertz CT molecular complexity index is 377. The fraction of sp³-hybridized carbons (Fsp3) is 0.778. The van der Waals surface area contributed by atoms with Gasteiger partial charge in [-0.15, -0.1) is 5.10 Å². The topological polar surface area (TPSA) is 80.9 Å². The summed E-state index contributed by atoms with van der Waals surface area (Å²) in [6.07, 6.45) is 2.47. The molecule has 1 fully saturated rings. The highest BCUT2D eigenvalue weighted by atomic mass is 32.2. The number of aromatic nitrogens is 4. The number of carboxylic acid groups (broad SMARTS) is 1. The molecule has 88 valence electrons. The first-order valence-electron chi connectivity index (χ1n) is 5.27. The van der Waals surface area contributed by atoms with Gasteiger partial charge in [-0.2, -0.15) is 11.8 Å². The van der Waals surface area contributed by atoms with Crippen LogP contribution in [0.15, 0.2) is 0 Å². The summed E-state index contributed by atoms with van der Waals surface area (Å²) in [5.74, 6) is 0.768. The van der Waals surface area contributed by atoms with Crippen molar-refractivity contribution in [2.45, 2.75) is 43.2 Å². The molecule has 0 aliphatic heterocycles. The second-order valence-electron chi connectivity index (χ2n) is 3.99. The Morgan fingerprint density at radius 3 is 3.06 bits per heavy atom. The van der Waals surface area contributed by atoms with Crippen molar-refractivity contribution in [2.75, 3.05) is 0 Å². The Hall–Kier alpha value is -1.11. The number of hydrogen-bond acceptors (Lipinski definition) is 5. The van der Waals surface area contributed by atoms with E-state index in [0.29, 0.717) is 11.8 Å². The van der Waals surface area contributed by atoms with Crippen molar-refractivity contribution in [3.63, 3.8) is 0 Å². The van der Waals surface area contributed by atoms with Crippen molar-refractivity contribution in [1.29, 1.82) is 0 Å². The van der Waals surface area contributed by atoms with E-state index < -0.39 is 5.97 Å². The lowest BCUT2D eigenvalue weighted by molar-refractivity contribution is -0.136.